The molecular formula is C28H35N. The van der Waals surface area contributed by atoms with Crippen molar-refractivity contribution in [3.63, 3.8) is 0 Å². The van der Waals surface area contributed by atoms with E-state index < -0.39 is 0 Å². The van der Waals surface area contributed by atoms with Crippen LogP contribution in [0.25, 0.3) is 17.7 Å². The molecule has 1 heterocycles. The van der Waals surface area contributed by atoms with E-state index in [1.807, 2.05) is 0 Å². The van der Waals surface area contributed by atoms with Gasteiger partial charge in [0.05, 0.1) is 0 Å². The summed E-state index contributed by atoms with van der Waals surface area (Å²) < 4.78 is 0. The molecule has 2 aliphatic rings. The van der Waals surface area contributed by atoms with Crippen LogP contribution in [0.5, 0.6) is 0 Å². The third-order valence-electron chi connectivity index (χ3n) is 6.54. The Labute approximate surface area is 177 Å². The van der Waals surface area contributed by atoms with Crippen molar-refractivity contribution in [2.45, 2.75) is 58.3 Å². The normalized spacial score (nSPS) is 16.4. The number of unbranched alkanes of at least 4 members (excludes halogenated alkanes) is 5. The highest BCUT2D eigenvalue weighted by molar-refractivity contribution is 5.94. The van der Waals surface area contributed by atoms with Crippen molar-refractivity contribution in [2.24, 2.45) is 0 Å². The van der Waals surface area contributed by atoms with Crippen LogP contribution in [0.4, 0.5) is 0 Å². The van der Waals surface area contributed by atoms with Crippen LogP contribution in [0, 0.1) is 0 Å². The van der Waals surface area contributed by atoms with Crippen molar-refractivity contribution in [2.75, 3.05) is 19.6 Å². The lowest BCUT2D eigenvalue weighted by Gasteiger charge is -2.30. The zero-order valence-corrected chi connectivity index (χ0v) is 18.0. The van der Waals surface area contributed by atoms with Gasteiger partial charge in [0.1, 0.15) is 0 Å². The predicted molar refractivity (Wildman–Crippen MR) is 127 cm³/mol. The van der Waals surface area contributed by atoms with Crippen molar-refractivity contribution >= 4 is 17.7 Å². The number of piperidine rings is 1. The van der Waals surface area contributed by atoms with Gasteiger partial charge in [-0.2, -0.15) is 0 Å². The molecule has 2 aromatic carbocycles. The van der Waals surface area contributed by atoms with Gasteiger partial charge in [-0.15, -0.1) is 0 Å². The van der Waals surface area contributed by atoms with Gasteiger partial charge in [0.2, 0.25) is 0 Å². The number of hydrogen-bond donors (Lipinski definition) is 0. The number of nitrogens with zero attached hydrogens (tertiary/aromatic N) is 1. The van der Waals surface area contributed by atoms with Crippen LogP contribution in [0.1, 0.15) is 80.5 Å². The highest BCUT2D eigenvalue weighted by Gasteiger charge is 2.22. The van der Waals surface area contributed by atoms with E-state index in [1.165, 1.54) is 98.8 Å². The summed E-state index contributed by atoms with van der Waals surface area (Å²) >= 11 is 0. The van der Waals surface area contributed by atoms with E-state index in [0.717, 1.165) is 0 Å². The molecule has 1 aliphatic heterocycles. The third kappa shape index (κ3) is 4.90. The molecule has 0 unspecified atom stereocenters. The van der Waals surface area contributed by atoms with Gasteiger partial charge in [-0.25, -0.2) is 0 Å². The molecule has 1 saturated heterocycles. The summed E-state index contributed by atoms with van der Waals surface area (Å²) in [6.07, 6.45) is 15.3. The molecule has 0 bridgehead atoms. The Morgan fingerprint density at radius 3 is 1.86 bits per heavy atom. The monoisotopic (exact) mass is 385 g/mol. The molecule has 1 fully saturated rings. The lowest BCUT2D eigenvalue weighted by atomic mass is 9.86. The predicted octanol–water partition coefficient (Wildman–Crippen LogP) is 7.43. The first kappa shape index (κ1) is 20.2. The van der Waals surface area contributed by atoms with E-state index in [-0.39, 0.29) is 0 Å². The molecular weight excluding hydrogens is 350 g/mol. The highest BCUT2D eigenvalue weighted by Crippen LogP contribution is 2.38. The van der Waals surface area contributed by atoms with Crippen molar-refractivity contribution in [1.29, 1.82) is 0 Å². The van der Waals surface area contributed by atoms with Gasteiger partial charge in [0, 0.05) is 13.1 Å². The summed E-state index contributed by atoms with van der Waals surface area (Å²) in [5, 5.41) is 0. The molecule has 0 radical (unpaired) electrons. The highest BCUT2D eigenvalue weighted by atomic mass is 15.1. The van der Waals surface area contributed by atoms with Gasteiger partial charge in [-0.05, 0) is 53.6 Å². The Bertz CT molecular complexity index is 812. The fourth-order valence-electron chi connectivity index (χ4n) is 4.86. The van der Waals surface area contributed by atoms with Gasteiger partial charge in [0.15, 0.2) is 0 Å². The van der Waals surface area contributed by atoms with Crippen molar-refractivity contribution in [3.8, 4) is 0 Å². The summed E-state index contributed by atoms with van der Waals surface area (Å²) in [5.41, 5.74) is 8.66. The Balaban J connectivity index is 1.48. The molecule has 152 valence electrons. The summed E-state index contributed by atoms with van der Waals surface area (Å²) in [6, 6.07) is 17.8. The fraction of sp³-hybridized carbons (Fsp3) is 0.429. The molecule has 1 nitrogen and oxygen atoms in total. The molecule has 0 spiro atoms. The number of likely N-dealkylation sites (tertiary alicyclic amines) is 1. The molecule has 0 saturated carbocycles. The smallest absolute Gasteiger partial charge is 0.00190 e. The van der Waals surface area contributed by atoms with Gasteiger partial charge in [-0.3, -0.25) is 0 Å². The average molecular weight is 386 g/mol. The van der Waals surface area contributed by atoms with Crippen LogP contribution in [-0.4, -0.2) is 24.5 Å². The topological polar surface area (TPSA) is 3.24 Å². The summed E-state index contributed by atoms with van der Waals surface area (Å²) in [4.78, 5) is 2.69. The molecule has 0 N–H and O–H groups in total. The fourth-order valence-corrected chi connectivity index (χ4v) is 4.86. The minimum Gasteiger partial charge on any atom is -0.303 e. The molecule has 0 amide bonds. The minimum atomic E-state index is 1.20. The van der Waals surface area contributed by atoms with Crippen molar-refractivity contribution in [1.82, 2.24) is 4.90 Å². The Hall–Kier alpha value is -2.12. The van der Waals surface area contributed by atoms with Gasteiger partial charge in [0.25, 0.3) is 0 Å². The molecule has 2 aromatic rings. The van der Waals surface area contributed by atoms with Crippen LogP contribution in [-0.2, 0) is 0 Å². The van der Waals surface area contributed by atoms with Gasteiger partial charge < -0.3 is 4.90 Å². The SMILES string of the molecule is CCCCCCCCN1CCC(=C2c3ccccc3C=Cc3ccccc32)CC1. The Morgan fingerprint density at radius 1 is 0.690 bits per heavy atom. The summed E-state index contributed by atoms with van der Waals surface area (Å²) in [7, 11) is 0. The van der Waals surface area contributed by atoms with E-state index in [1.54, 1.807) is 5.57 Å². The summed E-state index contributed by atoms with van der Waals surface area (Å²) in [5.74, 6) is 0. The minimum absolute atomic E-state index is 1.20. The lowest BCUT2D eigenvalue weighted by molar-refractivity contribution is 0.251. The van der Waals surface area contributed by atoms with Crippen LogP contribution in [0.15, 0.2) is 54.1 Å². The van der Waals surface area contributed by atoms with Gasteiger partial charge >= 0.3 is 0 Å². The number of rotatable bonds is 7. The number of hydrogen-bond acceptors (Lipinski definition) is 1. The molecule has 29 heavy (non-hydrogen) atoms. The largest absolute Gasteiger partial charge is 0.303 e. The van der Waals surface area contributed by atoms with Crippen LogP contribution < -0.4 is 0 Å². The molecule has 1 heteroatoms. The maximum atomic E-state index is 2.69. The molecule has 0 atom stereocenters. The van der Waals surface area contributed by atoms with E-state index >= 15 is 0 Å². The Morgan fingerprint density at radius 2 is 1.24 bits per heavy atom. The van der Waals surface area contributed by atoms with Crippen molar-refractivity contribution in [3.05, 3.63) is 76.4 Å². The maximum Gasteiger partial charge on any atom is 0.00190 e. The first-order valence-corrected chi connectivity index (χ1v) is 11.7. The third-order valence-corrected chi connectivity index (χ3v) is 6.54. The summed E-state index contributed by atoms with van der Waals surface area (Å²) in [6.45, 7) is 6.00. The second-order valence-electron chi connectivity index (χ2n) is 8.60. The first-order chi connectivity index (χ1) is 14.4. The number of benzene rings is 2. The quantitative estimate of drug-likeness (QED) is 0.382. The van der Waals surface area contributed by atoms with E-state index in [0.29, 0.717) is 0 Å². The van der Waals surface area contributed by atoms with E-state index in [4.69, 9.17) is 0 Å². The zero-order chi connectivity index (χ0) is 19.9. The van der Waals surface area contributed by atoms with Crippen LogP contribution in [0.3, 0.4) is 0 Å². The average Bonchev–Trinajstić information content (AvgIpc) is 2.94. The standard InChI is InChI=1S/C28H35N/c1-2-3-4-5-6-11-20-29-21-18-25(19-22-29)28-26-14-9-7-12-23(26)16-17-24-13-8-10-15-27(24)28/h7-10,12-17H,2-6,11,18-22H2,1H3. The van der Waals surface area contributed by atoms with E-state index in [2.05, 4.69) is 72.5 Å². The lowest BCUT2D eigenvalue weighted by Crippen LogP contribution is -2.32. The van der Waals surface area contributed by atoms with Gasteiger partial charge in [-0.1, -0.05) is 105 Å². The number of fused-ring (bicyclic) bond motifs is 2. The maximum absolute atomic E-state index is 2.69. The Kier molecular flexibility index (Phi) is 7.00. The second kappa shape index (κ2) is 10.1. The first-order valence-electron chi connectivity index (χ1n) is 11.7. The van der Waals surface area contributed by atoms with Crippen molar-refractivity contribution < 1.29 is 0 Å². The molecule has 0 aromatic heterocycles. The molecule has 4 rings (SSSR count). The molecule has 1 aliphatic carbocycles. The zero-order valence-electron chi connectivity index (χ0n) is 18.0. The van der Waals surface area contributed by atoms with Crippen LogP contribution >= 0.6 is 0 Å². The van der Waals surface area contributed by atoms with E-state index in [9.17, 15) is 0 Å². The van der Waals surface area contributed by atoms with Crippen LogP contribution in [0.2, 0.25) is 0 Å². The second-order valence-corrected chi connectivity index (χ2v) is 8.60.